The molecule has 7 nitrogen and oxygen atoms in total. The maximum absolute atomic E-state index is 12.1. The van der Waals surface area contributed by atoms with Crippen LogP contribution < -0.4 is 20.2 Å². The highest BCUT2D eigenvalue weighted by atomic mass is 35.5. The van der Waals surface area contributed by atoms with Gasteiger partial charge in [-0.1, -0.05) is 72.3 Å². The number of ether oxygens (including phenoxy) is 2. The summed E-state index contributed by atoms with van der Waals surface area (Å²) in [6.07, 6.45) is 1.38. The minimum Gasteiger partial charge on any atom is -0.490 e. The van der Waals surface area contributed by atoms with E-state index in [0.29, 0.717) is 35.3 Å². The molecule has 0 spiro atoms. The lowest BCUT2D eigenvalue weighted by atomic mass is 10.1. The number of carbonyl (C=O) groups is 2. The molecule has 0 aliphatic carbocycles. The van der Waals surface area contributed by atoms with E-state index in [2.05, 4.69) is 15.8 Å². The molecule has 0 heterocycles. The van der Waals surface area contributed by atoms with Gasteiger partial charge in [-0.25, -0.2) is 5.43 Å². The van der Waals surface area contributed by atoms with Crippen molar-refractivity contribution in [1.29, 1.82) is 0 Å². The van der Waals surface area contributed by atoms with Crippen LogP contribution in [0.3, 0.4) is 0 Å². The maximum Gasteiger partial charge on any atom is 0.329 e. The fourth-order valence-electron chi connectivity index (χ4n) is 3.10. The van der Waals surface area contributed by atoms with Gasteiger partial charge in [-0.15, -0.1) is 0 Å². The van der Waals surface area contributed by atoms with Crippen molar-refractivity contribution in [3.8, 4) is 11.5 Å². The van der Waals surface area contributed by atoms with E-state index >= 15 is 0 Å². The molecule has 0 fully saturated rings. The van der Waals surface area contributed by atoms with E-state index in [1.165, 1.54) is 6.21 Å². The number of benzene rings is 3. The molecular weight excluding hydrogens is 454 g/mol. The van der Waals surface area contributed by atoms with Crippen molar-refractivity contribution in [3.05, 3.63) is 94.5 Å². The van der Waals surface area contributed by atoms with Crippen LogP contribution >= 0.6 is 11.6 Å². The first-order chi connectivity index (χ1) is 16.5. The van der Waals surface area contributed by atoms with Crippen LogP contribution in [-0.4, -0.2) is 24.6 Å². The molecule has 0 radical (unpaired) electrons. The van der Waals surface area contributed by atoms with Crippen molar-refractivity contribution < 1.29 is 19.1 Å². The minimum absolute atomic E-state index is 0.320. The number of carbonyl (C=O) groups excluding carboxylic acids is 2. The fourth-order valence-corrected chi connectivity index (χ4v) is 3.37. The van der Waals surface area contributed by atoms with Crippen LogP contribution in [0.25, 0.3) is 0 Å². The minimum atomic E-state index is -0.877. The molecule has 34 heavy (non-hydrogen) atoms. The van der Waals surface area contributed by atoms with Crippen molar-refractivity contribution in [2.75, 3.05) is 6.61 Å². The van der Waals surface area contributed by atoms with E-state index in [-0.39, 0.29) is 6.04 Å². The second-order valence-electron chi connectivity index (χ2n) is 7.34. The largest absolute Gasteiger partial charge is 0.490 e. The van der Waals surface area contributed by atoms with E-state index < -0.39 is 11.8 Å². The molecule has 2 amide bonds. The summed E-state index contributed by atoms with van der Waals surface area (Å²) in [7, 11) is 0. The summed E-state index contributed by atoms with van der Waals surface area (Å²) in [5, 5.41) is 6.84. The molecular formula is C26H26ClN3O4. The molecule has 0 aliphatic heterocycles. The SMILES string of the molecule is CCOc1cc(/C=N\NC(=O)C(=O)N[C@@H](C)c2ccccc2)cc(Cl)c1OCc1ccccc1. The lowest BCUT2D eigenvalue weighted by Gasteiger charge is -2.14. The lowest BCUT2D eigenvalue weighted by Crippen LogP contribution is -2.39. The van der Waals surface area contributed by atoms with Gasteiger partial charge in [0.15, 0.2) is 11.5 Å². The Bertz CT molecular complexity index is 1140. The third-order valence-corrected chi connectivity index (χ3v) is 5.07. The van der Waals surface area contributed by atoms with Crippen molar-refractivity contribution in [2.45, 2.75) is 26.5 Å². The molecule has 0 aliphatic rings. The molecule has 0 unspecified atom stereocenters. The van der Waals surface area contributed by atoms with Gasteiger partial charge in [-0.05, 0) is 42.7 Å². The zero-order valence-corrected chi connectivity index (χ0v) is 19.7. The molecule has 176 valence electrons. The van der Waals surface area contributed by atoms with Crippen LogP contribution in [0.4, 0.5) is 0 Å². The highest BCUT2D eigenvalue weighted by molar-refractivity contribution is 6.35. The Morgan fingerprint density at radius 1 is 1.00 bits per heavy atom. The summed E-state index contributed by atoms with van der Waals surface area (Å²) in [5.41, 5.74) is 4.68. The van der Waals surface area contributed by atoms with Gasteiger partial charge in [-0.3, -0.25) is 9.59 Å². The maximum atomic E-state index is 12.1. The Kier molecular flexibility index (Phi) is 9.05. The Morgan fingerprint density at radius 2 is 1.68 bits per heavy atom. The molecule has 0 saturated heterocycles. The molecule has 8 heteroatoms. The third-order valence-electron chi connectivity index (χ3n) is 4.79. The zero-order valence-electron chi connectivity index (χ0n) is 19.0. The van der Waals surface area contributed by atoms with Gasteiger partial charge in [0.05, 0.1) is 23.9 Å². The monoisotopic (exact) mass is 479 g/mol. The number of hydrazone groups is 1. The summed E-state index contributed by atoms with van der Waals surface area (Å²) in [5.74, 6) is -0.792. The van der Waals surface area contributed by atoms with Crippen LogP contribution in [0, 0.1) is 0 Å². The van der Waals surface area contributed by atoms with Gasteiger partial charge in [0.25, 0.3) is 0 Å². The highest BCUT2D eigenvalue weighted by Crippen LogP contribution is 2.37. The second kappa shape index (κ2) is 12.4. The van der Waals surface area contributed by atoms with Gasteiger partial charge < -0.3 is 14.8 Å². The summed E-state index contributed by atoms with van der Waals surface area (Å²) in [4.78, 5) is 24.2. The molecule has 0 bridgehead atoms. The summed E-state index contributed by atoms with van der Waals surface area (Å²) >= 11 is 6.43. The summed E-state index contributed by atoms with van der Waals surface area (Å²) in [6, 6.07) is 22.1. The van der Waals surface area contributed by atoms with Crippen LogP contribution in [0.2, 0.25) is 5.02 Å². The highest BCUT2D eigenvalue weighted by Gasteiger charge is 2.17. The fraction of sp³-hybridized carbons (Fsp3) is 0.192. The van der Waals surface area contributed by atoms with Crippen molar-refractivity contribution in [1.82, 2.24) is 10.7 Å². The molecule has 3 rings (SSSR count). The normalized spacial score (nSPS) is 11.6. The van der Waals surface area contributed by atoms with Crippen LogP contribution in [0.15, 0.2) is 77.9 Å². The third kappa shape index (κ3) is 7.08. The van der Waals surface area contributed by atoms with E-state index in [0.717, 1.165) is 11.1 Å². The number of hydrogen-bond acceptors (Lipinski definition) is 5. The first-order valence-corrected chi connectivity index (χ1v) is 11.2. The Hall–Kier alpha value is -3.84. The van der Waals surface area contributed by atoms with Crippen LogP contribution in [0.5, 0.6) is 11.5 Å². The zero-order chi connectivity index (χ0) is 24.3. The average molecular weight is 480 g/mol. The van der Waals surface area contributed by atoms with Gasteiger partial charge >= 0.3 is 11.8 Å². The predicted molar refractivity (Wildman–Crippen MR) is 132 cm³/mol. The number of amides is 2. The van der Waals surface area contributed by atoms with Gasteiger partial charge in [0.1, 0.15) is 6.61 Å². The number of halogens is 1. The standard InChI is InChI=1S/C26H26ClN3O4/c1-3-33-23-15-20(14-22(27)24(23)34-17-19-10-6-4-7-11-19)16-28-30-26(32)25(31)29-18(2)21-12-8-5-9-13-21/h4-16,18H,3,17H2,1-2H3,(H,29,31)(H,30,32)/b28-16-/t18-/m0/s1. The predicted octanol–water partition coefficient (Wildman–Crippen LogP) is 4.65. The van der Waals surface area contributed by atoms with Crippen molar-refractivity contribution in [3.63, 3.8) is 0 Å². The van der Waals surface area contributed by atoms with Crippen molar-refractivity contribution >= 4 is 29.6 Å². The number of rotatable bonds is 9. The molecule has 0 aromatic heterocycles. The summed E-state index contributed by atoms with van der Waals surface area (Å²) < 4.78 is 11.6. The quantitative estimate of drug-likeness (QED) is 0.266. The molecule has 0 saturated carbocycles. The van der Waals surface area contributed by atoms with E-state index in [4.69, 9.17) is 21.1 Å². The van der Waals surface area contributed by atoms with Gasteiger partial charge in [0, 0.05) is 0 Å². The van der Waals surface area contributed by atoms with E-state index in [1.807, 2.05) is 67.6 Å². The number of nitrogens with zero attached hydrogens (tertiary/aromatic N) is 1. The Labute approximate surface area is 203 Å². The summed E-state index contributed by atoms with van der Waals surface area (Å²) in [6.45, 7) is 4.39. The molecule has 1 atom stereocenters. The second-order valence-corrected chi connectivity index (χ2v) is 7.75. The number of nitrogens with one attached hydrogen (secondary N) is 2. The number of hydrogen-bond donors (Lipinski definition) is 2. The molecule has 2 N–H and O–H groups in total. The van der Waals surface area contributed by atoms with E-state index in [1.54, 1.807) is 19.1 Å². The first kappa shape index (κ1) is 24.8. The molecule has 3 aromatic carbocycles. The lowest BCUT2D eigenvalue weighted by molar-refractivity contribution is -0.139. The van der Waals surface area contributed by atoms with Crippen LogP contribution in [-0.2, 0) is 16.2 Å². The van der Waals surface area contributed by atoms with Gasteiger partial charge in [-0.2, -0.15) is 5.10 Å². The van der Waals surface area contributed by atoms with Gasteiger partial charge in [0.2, 0.25) is 0 Å². The molecule has 3 aromatic rings. The van der Waals surface area contributed by atoms with E-state index in [9.17, 15) is 9.59 Å². The first-order valence-electron chi connectivity index (χ1n) is 10.8. The average Bonchev–Trinajstić information content (AvgIpc) is 2.84. The Balaban J connectivity index is 1.62. The van der Waals surface area contributed by atoms with Crippen LogP contribution in [0.1, 0.15) is 36.6 Å². The van der Waals surface area contributed by atoms with Crippen molar-refractivity contribution in [2.24, 2.45) is 5.10 Å². The topological polar surface area (TPSA) is 89.0 Å². The smallest absolute Gasteiger partial charge is 0.329 e. The Morgan fingerprint density at radius 3 is 2.35 bits per heavy atom.